The van der Waals surface area contributed by atoms with Gasteiger partial charge in [0.25, 0.3) is 5.91 Å². The fourth-order valence-electron chi connectivity index (χ4n) is 2.13. The largest absolute Gasteiger partial charge is 0.290 e. The van der Waals surface area contributed by atoms with E-state index in [0.29, 0.717) is 5.56 Å². The minimum atomic E-state index is -0.298. The van der Waals surface area contributed by atoms with Crippen LogP contribution in [0.3, 0.4) is 0 Å². The Morgan fingerprint density at radius 1 is 1.00 bits per heavy atom. The number of para-hydroxylation sites is 1. The van der Waals surface area contributed by atoms with Crippen molar-refractivity contribution in [3.05, 3.63) is 66.4 Å². The number of nitrogens with one attached hydrogen (secondary N) is 1. The normalized spacial score (nSPS) is 10.4. The molecule has 2 aromatic carbocycles. The summed E-state index contributed by atoms with van der Waals surface area (Å²) in [5.41, 5.74) is 5.64. The molecule has 3 rings (SSSR count). The van der Waals surface area contributed by atoms with Gasteiger partial charge in [0.15, 0.2) is 0 Å². The number of nitrogens with zero attached hydrogens (tertiary/aromatic N) is 1. The second kappa shape index (κ2) is 5.11. The minimum absolute atomic E-state index is 0.298. The summed E-state index contributed by atoms with van der Waals surface area (Å²) in [4.78, 5) is 15.8. The Kier molecular flexibility index (Phi) is 3.15. The summed E-state index contributed by atoms with van der Waals surface area (Å²) in [6.45, 7) is 0. The number of hydrogen-bond acceptors (Lipinski definition) is 3. The first kappa shape index (κ1) is 12.3. The van der Waals surface area contributed by atoms with Crippen molar-refractivity contribution in [2.45, 2.75) is 0 Å². The fourth-order valence-corrected chi connectivity index (χ4v) is 2.13. The van der Waals surface area contributed by atoms with Crippen LogP contribution >= 0.6 is 0 Å². The Hall–Kier alpha value is -2.72. The number of carbonyl (C=O) groups excluding carboxylic acids is 1. The van der Waals surface area contributed by atoms with Crippen LogP contribution in [0.1, 0.15) is 10.4 Å². The van der Waals surface area contributed by atoms with E-state index in [1.807, 2.05) is 42.6 Å². The molecular formula is C16H13N3O. The molecule has 0 unspecified atom stereocenters. The molecule has 1 amide bonds. The van der Waals surface area contributed by atoms with Gasteiger partial charge in [0, 0.05) is 22.7 Å². The second-order valence-electron chi connectivity index (χ2n) is 4.47. The first-order valence-electron chi connectivity index (χ1n) is 6.24. The Morgan fingerprint density at radius 3 is 2.50 bits per heavy atom. The molecule has 0 aliphatic carbocycles. The Balaban J connectivity index is 2.00. The van der Waals surface area contributed by atoms with Crippen molar-refractivity contribution in [2.75, 3.05) is 0 Å². The van der Waals surface area contributed by atoms with Crippen LogP contribution < -0.4 is 11.3 Å². The predicted molar refractivity (Wildman–Crippen MR) is 78.8 cm³/mol. The van der Waals surface area contributed by atoms with Gasteiger partial charge in [-0.2, -0.15) is 0 Å². The lowest BCUT2D eigenvalue weighted by molar-refractivity contribution is 0.0953. The van der Waals surface area contributed by atoms with Crippen molar-refractivity contribution in [3.63, 3.8) is 0 Å². The van der Waals surface area contributed by atoms with Gasteiger partial charge in [-0.05, 0) is 29.8 Å². The summed E-state index contributed by atoms with van der Waals surface area (Å²) in [6.07, 6.45) is 1.83. The van der Waals surface area contributed by atoms with Crippen molar-refractivity contribution in [1.82, 2.24) is 10.4 Å². The first-order chi connectivity index (χ1) is 9.78. The molecule has 1 heterocycles. The number of fused-ring (bicyclic) bond motifs is 1. The summed E-state index contributed by atoms with van der Waals surface area (Å²) in [7, 11) is 0. The van der Waals surface area contributed by atoms with E-state index >= 15 is 0 Å². The van der Waals surface area contributed by atoms with Crippen LogP contribution in [0.25, 0.3) is 22.0 Å². The maximum absolute atomic E-state index is 11.4. The Labute approximate surface area is 116 Å². The summed E-state index contributed by atoms with van der Waals surface area (Å²) >= 11 is 0. The van der Waals surface area contributed by atoms with Gasteiger partial charge in [0.05, 0.1) is 5.52 Å². The summed E-state index contributed by atoms with van der Waals surface area (Å²) in [5, 5.41) is 1.09. The third-order valence-electron chi connectivity index (χ3n) is 3.20. The number of carbonyl (C=O) groups is 1. The summed E-state index contributed by atoms with van der Waals surface area (Å²) in [5.74, 6) is 4.81. The molecule has 0 radical (unpaired) electrons. The van der Waals surface area contributed by atoms with Crippen molar-refractivity contribution in [2.24, 2.45) is 5.84 Å². The van der Waals surface area contributed by atoms with Gasteiger partial charge in [-0.3, -0.25) is 15.2 Å². The highest BCUT2D eigenvalue weighted by molar-refractivity contribution is 5.94. The Morgan fingerprint density at radius 2 is 1.75 bits per heavy atom. The molecule has 0 aliphatic rings. The number of aromatic nitrogens is 1. The molecule has 0 saturated heterocycles. The lowest BCUT2D eigenvalue weighted by atomic mass is 10.0. The molecule has 4 nitrogen and oxygen atoms in total. The quantitative estimate of drug-likeness (QED) is 0.424. The van der Waals surface area contributed by atoms with Crippen LogP contribution in [0.4, 0.5) is 0 Å². The minimum Gasteiger partial charge on any atom is -0.290 e. The lowest BCUT2D eigenvalue weighted by Crippen LogP contribution is -2.29. The predicted octanol–water partition coefficient (Wildman–Crippen LogP) is 2.51. The topological polar surface area (TPSA) is 68.0 Å². The van der Waals surface area contributed by atoms with E-state index in [2.05, 4.69) is 16.5 Å². The van der Waals surface area contributed by atoms with Gasteiger partial charge in [-0.1, -0.05) is 30.3 Å². The van der Waals surface area contributed by atoms with Gasteiger partial charge in [0.1, 0.15) is 0 Å². The monoisotopic (exact) mass is 263 g/mol. The average Bonchev–Trinajstić information content (AvgIpc) is 2.54. The SMILES string of the molecule is NNC(=O)c1ccc(-c2cnc3ccccc3c2)cc1. The Bertz CT molecular complexity index is 766. The van der Waals surface area contributed by atoms with E-state index in [1.54, 1.807) is 12.1 Å². The molecule has 0 spiro atoms. The maximum Gasteiger partial charge on any atom is 0.265 e. The average molecular weight is 263 g/mol. The standard InChI is InChI=1S/C16H13N3O/c17-19-16(20)12-7-5-11(6-8-12)14-9-13-3-1-2-4-15(13)18-10-14/h1-10H,17H2,(H,19,20). The van der Waals surface area contributed by atoms with Crippen molar-refractivity contribution < 1.29 is 4.79 Å². The van der Waals surface area contributed by atoms with E-state index < -0.39 is 0 Å². The third-order valence-corrected chi connectivity index (χ3v) is 3.20. The lowest BCUT2D eigenvalue weighted by Gasteiger charge is -2.05. The van der Waals surface area contributed by atoms with E-state index in [-0.39, 0.29) is 5.91 Å². The molecule has 98 valence electrons. The zero-order valence-corrected chi connectivity index (χ0v) is 10.7. The number of pyridine rings is 1. The molecule has 20 heavy (non-hydrogen) atoms. The van der Waals surface area contributed by atoms with Gasteiger partial charge >= 0.3 is 0 Å². The van der Waals surface area contributed by atoms with Crippen LogP contribution in [0, 0.1) is 0 Å². The number of hydrogen-bond donors (Lipinski definition) is 2. The van der Waals surface area contributed by atoms with Gasteiger partial charge in [-0.15, -0.1) is 0 Å². The number of nitrogens with two attached hydrogens (primary N) is 1. The first-order valence-corrected chi connectivity index (χ1v) is 6.24. The molecule has 0 aliphatic heterocycles. The van der Waals surface area contributed by atoms with E-state index in [9.17, 15) is 4.79 Å². The summed E-state index contributed by atoms with van der Waals surface area (Å²) in [6, 6.07) is 17.3. The number of amides is 1. The molecule has 0 bridgehead atoms. The molecule has 0 saturated carbocycles. The van der Waals surface area contributed by atoms with Crippen LogP contribution in [-0.4, -0.2) is 10.9 Å². The number of benzene rings is 2. The van der Waals surface area contributed by atoms with Crippen LogP contribution in [0.5, 0.6) is 0 Å². The zero-order valence-electron chi connectivity index (χ0n) is 10.7. The third kappa shape index (κ3) is 2.24. The van der Waals surface area contributed by atoms with Gasteiger partial charge in [-0.25, -0.2) is 5.84 Å². The summed E-state index contributed by atoms with van der Waals surface area (Å²) < 4.78 is 0. The highest BCUT2D eigenvalue weighted by Gasteiger charge is 2.04. The smallest absolute Gasteiger partial charge is 0.265 e. The van der Waals surface area contributed by atoms with Gasteiger partial charge in [0.2, 0.25) is 0 Å². The second-order valence-corrected chi connectivity index (χ2v) is 4.47. The number of nitrogen functional groups attached to an aromatic ring is 1. The van der Waals surface area contributed by atoms with Crippen molar-refractivity contribution in [1.29, 1.82) is 0 Å². The molecule has 0 atom stereocenters. The highest BCUT2D eigenvalue weighted by Crippen LogP contribution is 2.22. The highest BCUT2D eigenvalue weighted by atomic mass is 16.2. The van der Waals surface area contributed by atoms with E-state index in [1.165, 1.54) is 0 Å². The maximum atomic E-state index is 11.4. The fraction of sp³-hybridized carbons (Fsp3) is 0. The van der Waals surface area contributed by atoms with Crippen LogP contribution in [0.2, 0.25) is 0 Å². The van der Waals surface area contributed by atoms with Gasteiger partial charge < -0.3 is 0 Å². The molecule has 1 aromatic heterocycles. The molecule has 3 aromatic rings. The van der Waals surface area contributed by atoms with Crippen molar-refractivity contribution >= 4 is 16.8 Å². The van der Waals surface area contributed by atoms with E-state index in [0.717, 1.165) is 22.0 Å². The molecule has 4 heteroatoms. The van der Waals surface area contributed by atoms with Crippen LogP contribution in [-0.2, 0) is 0 Å². The van der Waals surface area contributed by atoms with E-state index in [4.69, 9.17) is 5.84 Å². The molecular weight excluding hydrogens is 250 g/mol. The molecule has 0 fully saturated rings. The zero-order chi connectivity index (χ0) is 13.9. The van der Waals surface area contributed by atoms with Crippen molar-refractivity contribution in [3.8, 4) is 11.1 Å². The number of rotatable bonds is 2. The molecule has 3 N–H and O–H groups in total. The number of hydrazine groups is 1. The van der Waals surface area contributed by atoms with Crippen LogP contribution in [0.15, 0.2) is 60.8 Å².